The van der Waals surface area contributed by atoms with E-state index < -0.39 is 0 Å². The second-order valence-electron chi connectivity index (χ2n) is 11.1. The van der Waals surface area contributed by atoms with Crippen LogP contribution in [0.4, 0.5) is 11.4 Å². The van der Waals surface area contributed by atoms with Gasteiger partial charge in [0, 0.05) is 35.4 Å². The molecule has 0 aliphatic heterocycles. The molecule has 5 aromatic carbocycles. The standard InChI is InChI=1S/C39H41ClN2/c1-29-21-23-33(41-25-11-17-31-13-5-3-6-14-31)27-36(29)39(35-19-9-10-20-38(35)40)37-28-34(24-22-30(37)2)42-26-12-18-32-15-7-4-8-16-32/h3-10,13-16,19-24,27-28,39,41-42H,11-12,17-18,25-26H2,1-2H3. The molecule has 0 atom stereocenters. The highest BCUT2D eigenvalue weighted by molar-refractivity contribution is 6.31. The second kappa shape index (κ2) is 14.8. The van der Waals surface area contributed by atoms with Crippen molar-refractivity contribution in [1.29, 1.82) is 0 Å². The molecule has 0 fully saturated rings. The van der Waals surface area contributed by atoms with Crippen molar-refractivity contribution < 1.29 is 0 Å². The monoisotopic (exact) mass is 572 g/mol. The molecule has 0 aromatic heterocycles. The van der Waals surface area contributed by atoms with Gasteiger partial charge in [0.25, 0.3) is 0 Å². The predicted molar refractivity (Wildman–Crippen MR) is 181 cm³/mol. The van der Waals surface area contributed by atoms with Crippen LogP contribution in [0.25, 0.3) is 0 Å². The van der Waals surface area contributed by atoms with E-state index in [0.717, 1.165) is 60.7 Å². The van der Waals surface area contributed by atoms with E-state index in [2.05, 4.69) is 134 Å². The number of hydrogen-bond acceptors (Lipinski definition) is 2. The van der Waals surface area contributed by atoms with Crippen molar-refractivity contribution in [3.8, 4) is 0 Å². The Labute approximate surface area is 256 Å². The van der Waals surface area contributed by atoms with E-state index in [1.165, 1.54) is 33.4 Å². The quantitative estimate of drug-likeness (QED) is 0.108. The molecule has 0 bridgehead atoms. The van der Waals surface area contributed by atoms with Gasteiger partial charge in [-0.05, 0) is 109 Å². The number of hydrogen-bond donors (Lipinski definition) is 2. The molecule has 42 heavy (non-hydrogen) atoms. The molecule has 0 amide bonds. The van der Waals surface area contributed by atoms with Crippen LogP contribution >= 0.6 is 11.6 Å². The van der Waals surface area contributed by atoms with E-state index in [4.69, 9.17) is 11.6 Å². The van der Waals surface area contributed by atoms with Gasteiger partial charge in [0.1, 0.15) is 0 Å². The summed E-state index contributed by atoms with van der Waals surface area (Å²) >= 11 is 6.89. The Hall–Kier alpha value is -4.01. The third-order valence-corrected chi connectivity index (χ3v) is 8.37. The lowest BCUT2D eigenvalue weighted by Gasteiger charge is -2.25. The maximum Gasteiger partial charge on any atom is 0.0447 e. The Morgan fingerprint density at radius 1 is 0.524 bits per heavy atom. The maximum atomic E-state index is 6.89. The highest BCUT2D eigenvalue weighted by Crippen LogP contribution is 2.40. The van der Waals surface area contributed by atoms with Gasteiger partial charge >= 0.3 is 0 Å². The van der Waals surface area contributed by atoms with Gasteiger partial charge in [0.2, 0.25) is 0 Å². The molecule has 0 unspecified atom stereocenters. The summed E-state index contributed by atoms with van der Waals surface area (Å²) in [5.74, 6) is 0.0239. The van der Waals surface area contributed by atoms with E-state index in [9.17, 15) is 0 Å². The minimum absolute atomic E-state index is 0.0239. The summed E-state index contributed by atoms with van der Waals surface area (Å²) in [4.78, 5) is 0. The van der Waals surface area contributed by atoms with Crippen molar-refractivity contribution in [2.45, 2.75) is 45.4 Å². The summed E-state index contributed by atoms with van der Waals surface area (Å²) in [5.41, 5.74) is 11.3. The summed E-state index contributed by atoms with van der Waals surface area (Å²) in [5, 5.41) is 8.16. The lowest BCUT2D eigenvalue weighted by Crippen LogP contribution is -2.11. The Morgan fingerprint density at radius 2 is 0.976 bits per heavy atom. The fourth-order valence-electron chi connectivity index (χ4n) is 5.67. The first-order valence-electron chi connectivity index (χ1n) is 15.1. The first-order valence-corrected chi connectivity index (χ1v) is 15.5. The molecule has 2 nitrogen and oxygen atoms in total. The summed E-state index contributed by atoms with van der Waals surface area (Å²) < 4.78 is 0. The molecule has 0 aliphatic rings. The van der Waals surface area contributed by atoms with Gasteiger partial charge in [-0.1, -0.05) is 103 Å². The summed E-state index contributed by atoms with van der Waals surface area (Å²) in [7, 11) is 0. The zero-order valence-electron chi connectivity index (χ0n) is 24.7. The number of halogens is 1. The molecule has 0 saturated heterocycles. The molecular formula is C39H41ClN2. The highest BCUT2D eigenvalue weighted by atomic mass is 35.5. The molecule has 5 aromatic rings. The summed E-state index contributed by atoms with van der Waals surface area (Å²) in [6.45, 7) is 6.27. The van der Waals surface area contributed by atoms with Crippen LogP contribution in [0.5, 0.6) is 0 Å². The molecule has 0 spiro atoms. The van der Waals surface area contributed by atoms with E-state index >= 15 is 0 Å². The predicted octanol–water partition coefficient (Wildman–Crippen LogP) is 10.2. The number of anilines is 2. The van der Waals surface area contributed by atoms with Crippen LogP contribution in [0.15, 0.2) is 121 Å². The Kier molecular flexibility index (Phi) is 10.4. The normalized spacial score (nSPS) is 11.0. The third-order valence-electron chi connectivity index (χ3n) is 8.03. The number of rotatable bonds is 13. The molecule has 0 heterocycles. The van der Waals surface area contributed by atoms with Crippen molar-refractivity contribution >= 4 is 23.0 Å². The van der Waals surface area contributed by atoms with Crippen molar-refractivity contribution in [2.24, 2.45) is 0 Å². The number of nitrogens with one attached hydrogen (secondary N) is 2. The molecule has 3 heteroatoms. The molecule has 5 rings (SSSR count). The van der Waals surface area contributed by atoms with Crippen LogP contribution in [-0.4, -0.2) is 13.1 Å². The Morgan fingerprint density at radius 3 is 1.45 bits per heavy atom. The fourth-order valence-corrected chi connectivity index (χ4v) is 5.92. The fraction of sp³-hybridized carbons (Fsp3) is 0.231. The SMILES string of the molecule is Cc1ccc(NCCCc2ccccc2)cc1C(c1cc(NCCCc2ccccc2)ccc1C)c1ccccc1Cl. The Balaban J connectivity index is 1.37. The average molecular weight is 573 g/mol. The van der Waals surface area contributed by atoms with Gasteiger partial charge in [-0.25, -0.2) is 0 Å². The van der Waals surface area contributed by atoms with E-state index in [1.807, 2.05) is 12.1 Å². The lowest BCUT2D eigenvalue weighted by molar-refractivity contribution is 0.861. The topological polar surface area (TPSA) is 24.1 Å². The molecule has 0 aliphatic carbocycles. The highest BCUT2D eigenvalue weighted by Gasteiger charge is 2.23. The van der Waals surface area contributed by atoms with E-state index in [-0.39, 0.29) is 5.92 Å². The van der Waals surface area contributed by atoms with Crippen molar-refractivity contribution in [2.75, 3.05) is 23.7 Å². The summed E-state index contributed by atoms with van der Waals surface area (Å²) in [6.07, 6.45) is 4.30. The van der Waals surface area contributed by atoms with Gasteiger partial charge in [-0.15, -0.1) is 0 Å². The molecule has 0 radical (unpaired) electrons. The van der Waals surface area contributed by atoms with Gasteiger partial charge in [-0.2, -0.15) is 0 Å². The largest absolute Gasteiger partial charge is 0.385 e. The smallest absolute Gasteiger partial charge is 0.0447 e. The second-order valence-corrected chi connectivity index (χ2v) is 11.5. The van der Waals surface area contributed by atoms with Crippen molar-refractivity contribution in [3.05, 3.63) is 165 Å². The molecule has 214 valence electrons. The lowest BCUT2D eigenvalue weighted by atomic mass is 9.81. The first-order chi connectivity index (χ1) is 20.6. The maximum absolute atomic E-state index is 6.89. The average Bonchev–Trinajstić information content (AvgIpc) is 3.02. The third kappa shape index (κ3) is 7.84. The van der Waals surface area contributed by atoms with Crippen LogP contribution in [0.3, 0.4) is 0 Å². The number of benzene rings is 5. The van der Waals surface area contributed by atoms with Crippen LogP contribution in [0.2, 0.25) is 5.02 Å². The first kappa shape index (κ1) is 29.5. The van der Waals surface area contributed by atoms with Gasteiger partial charge in [0.15, 0.2) is 0 Å². The van der Waals surface area contributed by atoms with Crippen molar-refractivity contribution in [3.63, 3.8) is 0 Å². The van der Waals surface area contributed by atoms with Gasteiger partial charge < -0.3 is 10.6 Å². The van der Waals surface area contributed by atoms with Gasteiger partial charge in [0.05, 0.1) is 0 Å². The minimum atomic E-state index is 0.0239. The van der Waals surface area contributed by atoms with Crippen molar-refractivity contribution in [1.82, 2.24) is 0 Å². The minimum Gasteiger partial charge on any atom is -0.385 e. The van der Waals surface area contributed by atoms with E-state index in [1.54, 1.807) is 0 Å². The Bertz CT molecular complexity index is 1470. The van der Waals surface area contributed by atoms with Crippen LogP contribution in [-0.2, 0) is 12.8 Å². The van der Waals surface area contributed by atoms with E-state index in [0.29, 0.717) is 0 Å². The molecule has 2 N–H and O–H groups in total. The molecular weight excluding hydrogens is 532 g/mol. The van der Waals surface area contributed by atoms with Crippen LogP contribution < -0.4 is 10.6 Å². The van der Waals surface area contributed by atoms with Crippen LogP contribution in [0, 0.1) is 13.8 Å². The summed E-state index contributed by atoms with van der Waals surface area (Å²) in [6, 6.07) is 43.2. The number of aryl methyl sites for hydroxylation is 4. The zero-order chi connectivity index (χ0) is 29.1. The van der Waals surface area contributed by atoms with Crippen LogP contribution in [0.1, 0.15) is 57.7 Å². The zero-order valence-corrected chi connectivity index (χ0v) is 25.5. The van der Waals surface area contributed by atoms with Gasteiger partial charge in [-0.3, -0.25) is 0 Å². The molecule has 0 saturated carbocycles.